The molecule has 1 aliphatic rings. The average molecular weight is 447 g/mol. The van der Waals surface area contributed by atoms with Crippen LogP contribution in [-0.4, -0.2) is 33.3 Å². The second kappa shape index (κ2) is 8.82. The molecule has 31 heavy (non-hydrogen) atoms. The van der Waals surface area contributed by atoms with E-state index < -0.39 is 17.8 Å². The number of rotatable bonds is 8. The molecule has 0 spiro atoms. The van der Waals surface area contributed by atoms with Gasteiger partial charge >= 0.3 is 0 Å². The number of imidazole rings is 1. The molecule has 1 amide bonds. The van der Waals surface area contributed by atoms with Gasteiger partial charge in [0.1, 0.15) is 5.52 Å². The number of amides is 1. The molecular weight excluding hydrogens is 423 g/mol. The number of nitrogens with one attached hydrogen (secondary N) is 2. The zero-order chi connectivity index (χ0) is 22.1. The van der Waals surface area contributed by atoms with E-state index in [-0.39, 0.29) is 23.3 Å². The molecule has 1 fully saturated rings. The average Bonchev–Trinajstić information content (AvgIpc) is 3.45. The standard InChI is InChI=1S/C22H24ClFN4O3/c1-12-7-15(23)5-6-17(12)26-20-16(22(30)27-31-10-14-3-4-14)8-18-21(19(20)24)25-11-28(18)9-13(2)29/h5-8,11,13-14,26,29H,3-4,9-10H2,1-2H3,(H,27,30). The minimum atomic E-state index is -0.663. The number of hydroxylamine groups is 1. The Morgan fingerprint density at radius 1 is 1.42 bits per heavy atom. The molecule has 7 nitrogen and oxygen atoms in total. The summed E-state index contributed by atoms with van der Waals surface area (Å²) in [5.74, 6) is -0.773. The number of hydrogen-bond acceptors (Lipinski definition) is 5. The van der Waals surface area contributed by atoms with Gasteiger partial charge in [-0.1, -0.05) is 11.6 Å². The minimum Gasteiger partial charge on any atom is -0.392 e. The Morgan fingerprint density at radius 3 is 2.87 bits per heavy atom. The molecule has 1 unspecified atom stereocenters. The molecule has 3 N–H and O–H groups in total. The van der Waals surface area contributed by atoms with Crippen molar-refractivity contribution in [2.45, 2.75) is 39.3 Å². The molecule has 0 aliphatic heterocycles. The summed E-state index contributed by atoms with van der Waals surface area (Å²) in [6.07, 6.45) is 2.95. The van der Waals surface area contributed by atoms with E-state index in [1.807, 2.05) is 6.92 Å². The van der Waals surface area contributed by atoms with E-state index in [1.54, 1.807) is 35.8 Å². The highest BCUT2D eigenvalue weighted by molar-refractivity contribution is 6.30. The lowest BCUT2D eigenvalue weighted by molar-refractivity contribution is 0.0271. The van der Waals surface area contributed by atoms with E-state index in [0.29, 0.717) is 28.8 Å². The van der Waals surface area contributed by atoms with E-state index in [4.69, 9.17) is 16.4 Å². The Labute approximate surface area is 184 Å². The summed E-state index contributed by atoms with van der Waals surface area (Å²) in [5.41, 5.74) is 4.40. The Kier molecular flexibility index (Phi) is 6.13. The summed E-state index contributed by atoms with van der Waals surface area (Å²) in [7, 11) is 0. The van der Waals surface area contributed by atoms with Crippen molar-refractivity contribution < 1.29 is 19.1 Å². The molecule has 2 aromatic carbocycles. The lowest BCUT2D eigenvalue weighted by Gasteiger charge is -2.16. The number of hydrogen-bond donors (Lipinski definition) is 3. The first-order valence-electron chi connectivity index (χ1n) is 10.1. The molecule has 4 rings (SSSR count). The number of aliphatic hydroxyl groups excluding tert-OH is 1. The smallest absolute Gasteiger partial charge is 0.277 e. The Morgan fingerprint density at radius 2 is 2.19 bits per heavy atom. The number of halogens is 2. The van der Waals surface area contributed by atoms with Crippen LogP contribution in [0.5, 0.6) is 0 Å². The van der Waals surface area contributed by atoms with Crippen molar-refractivity contribution in [2.24, 2.45) is 5.92 Å². The first kappa shape index (κ1) is 21.5. The predicted octanol–water partition coefficient (Wildman–Crippen LogP) is 4.33. The van der Waals surface area contributed by atoms with Crippen LogP contribution >= 0.6 is 11.6 Å². The molecule has 1 heterocycles. The van der Waals surface area contributed by atoms with E-state index in [9.17, 15) is 9.90 Å². The van der Waals surface area contributed by atoms with Crippen molar-refractivity contribution in [3.05, 3.63) is 52.6 Å². The van der Waals surface area contributed by atoms with Crippen molar-refractivity contribution in [3.63, 3.8) is 0 Å². The van der Waals surface area contributed by atoms with E-state index in [2.05, 4.69) is 15.8 Å². The SMILES string of the molecule is Cc1cc(Cl)ccc1Nc1c(C(=O)NOCC2CC2)cc2c(ncn2CC(C)O)c1F. The topological polar surface area (TPSA) is 88.4 Å². The number of nitrogens with zero attached hydrogens (tertiary/aromatic N) is 2. The zero-order valence-electron chi connectivity index (χ0n) is 17.3. The van der Waals surface area contributed by atoms with Crippen LogP contribution in [0, 0.1) is 18.7 Å². The summed E-state index contributed by atoms with van der Waals surface area (Å²) in [5, 5.41) is 13.3. The summed E-state index contributed by atoms with van der Waals surface area (Å²) < 4.78 is 17.2. The van der Waals surface area contributed by atoms with Crippen molar-refractivity contribution in [3.8, 4) is 0 Å². The van der Waals surface area contributed by atoms with Crippen LogP contribution in [0.2, 0.25) is 5.02 Å². The predicted molar refractivity (Wildman–Crippen MR) is 117 cm³/mol. The molecule has 1 aromatic heterocycles. The van der Waals surface area contributed by atoms with Gasteiger partial charge in [-0.3, -0.25) is 9.63 Å². The fraction of sp³-hybridized carbons (Fsp3) is 0.364. The van der Waals surface area contributed by atoms with Gasteiger partial charge in [0.15, 0.2) is 5.82 Å². The van der Waals surface area contributed by atoms with Crippen LogP contribution in [0.15, 0.2) is 30.6 Å². The maximum absolute atomic E-state index is 15.6. The highest BCUT2D eigenvalue weighted by Gasteiger charge is 2.25. The fourth-order valence-corrected chi connectivity index (χ4v) is 3.58. The van der Waals surface area contributed by atoms with E-state index in [0.717, 1.165) is 18.4 Å². The molecule has 1 aliphatic carbocycles. The Bertz CT molecular complexity index is 1130. The zero-order valence-corrected chi connectivity index (χ0v) is 18.0. The second-order valence-corrected chi connectivity index (χ2v) is 8.43. The maximum Gasteiger partial charge on any atom is 0.277 e. The molecule has 1 atom stereocenters. The molecular formula is C22H24ClFN4O3. The summed E-state index contributed by atoms with van der Waals surface area (Å²) in [4.78, 5) is 22.4. The molecule has 0 bridgehead atoms. The quantitative estimate of drug-likeness (QED) is 0.448. The van der Waals surface area contributed by atoms with Crippen LogP contribution in [-0.2, 0) is 11.4 Å². The summed E-state index contributed by atoms with van der Waals surface area (Å²) in [6.45, 7) is 4.11. The van der Waals surface area contributed by atoms with Gasteiger partial charge in [0.2, 0.25) is 0 Å². The Hall–Kier alpha value is -2.68. The van der Waals surface area contributed by atoms with Gasteiger partial charge in [-0.15, -0.1) is 0 Å². The van der Waals surface area contributed by atoms with Gasteiger partial charge in [0.05, 0.1) is 35.8 Å². The third-order valence-corrected chi connectivity index (χ3v) is 5.43. The lowest BCUT2D eigenvalue weighted by Crippen LogP contribution is -2.26. The van der Waals surface area contributed by atoms with E-state index in [1.165, 1.54) is 6.33 Å². The number of carbonyl (C=O) groups excluding carboxylic acids is 1. The van der Waals surface area contributed by atoms with Gasteiger partial charge < -0.3 is 15.0 Å². The number of aryl methyl sites for hydroxylation is 1. The summed E-state index contributed by atoms with van der Waals surface area (Å²) in [6, 6.07) is 6.70. The molecule has 3 aromatic rings. The van der Waals surface area contributed by atoms with Crippen LogP contribution in [0.1, 0.15) is 35.7 Å². The molecule has 0 saturated heterocycles. The molecule has 9 heteroatoms. The van der Waals surface area contributed by atoms with E-state index >= 15 is 4.39 Å². The number of aliphatic hydroxyl groups is 1. The van der Waals surface area contributed by atoms with Crippen molar-refractivity contribution in [1.29, 1.82) is 0 Å². The van der Waals surface area contributed by atoms with Gasteiger partial charge in [0, 0.05) is 17.3 Å². The van der Waals surface area contributed by atoms with Crippen molar-refractivity contribution in [2.75, 3.05) is 11.9 Å². The highest BCUT2D eigenvalue weighted by Crippen LogP contribution is 2.33. The van der Waals surface area contributed by atoms with Gasteiger partial charge in [-0.05, 0) is 62.4 Å². The fourth-order valence-electron chi connectivity index (χ4n) is 3.36. The highest BCUT2D eigenvalue weighted by atomic mass is 35.5. The monoisotopic (exact) mass is 446 g/mol. The van der Waals surface area contributed by atoms with Gasteiger partial charge in [-0.2, -0.15) is 0 Å². The molecule has 164 valence electrons. The van der Waals surface area contributed by atoms with Gasteiger partial charge in [-0.25, -0.2) is 14.9 Å². The number of aromatic nitrogens is 2. The van der Waals surface area contributed by atoms with Crippen LogP contribution in [0.25, 0.3) is 11.0 Å². The third-order valence-electron chi connectivity index (χ3n) is 5.19. The number of anilines is 2. The third kappa shape index (κ3) is 4.81. The summed E-state index contributed by atoms with van der Waals surface area (Å²) >= 11 is 6.03. The molecule has 0 radical (unpaired) electrons. The normalized spacial score (nSPS) is 14.6. The number of carbonyl (C=O) groups is 1. The van der Waals surface area contributed by atoms with Crippen LogP contribution in [0.3, 0.4) is 0 Å². The van der Waals surface area contributed by atoms with Crippen molar-refractivity contribution >= 4 is 39.9 Å². The minimum absolute atomic E-state index is 0.00672. The second-order valence-electron chi connectivity index (χ2n) is 8.00. The largest absolute Gasteiger partial charge is 0.392 e. The van der Waals surface area contributed by atoms with Crippen LogP contribution in [0.4, 0.5) is 15.8 Å². The number of fused-ring (bicyclic) bond motifs is 1. The van der Waals surface area contributed by atoms with Crippen molar-refractivity contribution in [1.82, 2.24) is 15.0 Å². The first-order chi connectivity index (χ1) is 14.8. The number of benzene rings is 2. The van der Waals surface area contributed by atoms with Gasteiger partial charge in [0.25, 0.3) is 5.91 Å². The maximum atomic E-state index is 15.6. The molecule has 1 saturated carbocycles. The van der Waals surface area contributed by atoms with Crippen LogP contribution < -0.4 is 10.8 Å². The lowest BCUT2D eigenvalue weighted by atomic mass is 10.1. The first-order valence-corrected chi connectivity index (χ1v) is 10.5. The Balaban J connectivity index is 1.75.